The van der Waals surface area contributed by atoms with Crippen LogP contribution in [0.1, 0.15) is 146 Å². The highest BCUT2D eigenvalue weighted by molar-refractivity contribution is 6.02. The minimum Gasteiger partial charge on any atom is -0.487 e. The van der Waals surface area contributed by atoms with E-state index in [9.17, 15) is 15.0 Å². The molecule has 0 spiro atoms. The summed E-state index contributed by atoms with van der Waals surface area (Å²) in [6.07, 6.45) is 20.8. The maximum atomic E-state index is 14.1. The number of oxime groups is 1. The fourth-order valence-corrected chi connectivity index (χ4v) is 9.78. The Balaban J connectivity index is 1.51. The van der Waals surface area contributed by atoms with Gasteiger partial charge in [-0.2, -0.15) is 0 Å². The number of aliphatic hydroxyl groups excluding tert-OH is 2. The van der Waals surface area contributed by atoms with Crippen LogP contribution in [0.25, 0.3) is 0 Å². The van der Waals surface area contributed by atoms with Crippen LogP contribution < -0.4 is 9.47 Å². The van der Waals surface area contributed by atoms with Crippen molar-refractivity contribution >= 4 is 11.8 Å². The van der Waals surface area contributed by atoms with Gasteiger partial charge in [-0.25, -0.2) is 4.79 Å². The Labute approximate surface area is 365 Å². The predicted molar refractivity (Wildman–Crippen MR) is 241 cm³/mol. The minimum atomic E-state index is -1.33. The molecule has 1 aromatic carbocycles. The van der Waals surface area contributed by atoms with E-state index in [1.807, 2.05) is 44.2 Å². The molecule has 3 aliphatic rings. The molecule has 2 N–H and O–H groups in total. The summed E-state index contributed by atoms with van der Waals surface area (Å²) in [4.78, 5) is 26.3. The van der Waals surface area contributed by atoms with E-state index >= 15 is 0 Å². The molecule has 338 valence electrons. The van der Waals surface area contributed by atoms with Crippen LogP contribution in [0.5, 0.6) is 11.5 Å². The summed E-state index contributed by atoms with van der Waals surface area (Å²) in [6, 6.07) is 11.3. The number of hydrogen-bond donors (Lipinski definition) is 2. The Morgan fingerprint density at radius 3 is 2.38 bits per heavy atom. The third-order valence-electron chi connectivity index (χ3n) is 12.8. The van der Waals surface area contributed by atoms with Crippen molar-refractivity contribution in [1.29, 1.82) is 0 Å². The number of unbranched alkanes of at least 4 members (excludes halogenated alkanes) is 11. The molecule has 1 amide bonds. The molecule has 1 aliphatic heterocycles. The Morgan fingerprint density at radius 1 is 0.967 bits per heavy atom. The number of allylic oxidation sites excluding steroid dienone is 1. The van der Waals surface area contributed by atoms with Gasteiger partial charge in [0.25, 0.3) is 0 Å². The molecule has 0 bridgehead atoms. The first-order chi connectivity index (χ1) is 29.8. The largest absolute Gasteiger partial charge is 0.487 e. The number of nitrogens with zero attached hydrogens (tertiary/aromatic N) is 3. The zero-order valence-corrected chi connectivity index (χ0v) is 37.7. The first-order valence-corrected chi connectivity index (χ1v) is 23.5. The van der Waals surface area contributed by atoms with E-state index in [1.54, 1.807) is 18.0 Å². The van der Waals surface area contributed by atoms with Crippen LogP contribution in [0, 0.1) is 24.7 Å². The van der Waals surface area contributed by atoms with Gasteiger partial charge in [0.1, 0.15) is 30.8 Å². The second-order valence-corrected chi connectivity index (χ2v) is 17.2. The molecule has 6 atom stereocenters. The van der Waals surface area contributed by atoms with Crippen molar-refractivity contribution in [3.05, 3.63) is 77.7 Å². The maximum Gasteiger partial charge on any atom is 0.409 e. The number of benzene rings is 1. The molecule has 11 heteroatoms. The number of pyridine rings is 1. The van der Waals surface area contributed by atoms with E-state index in [4.69, 9.17) is 28.9 Å². The van der Waals surface area contributed by atoms with Crippen molar-refractivity contribution in [3.63, 3.8) is 0 Å². The molecule has 2 heterocycles. The minimum absolute atomic E-state index is 0.114. The number of carbonyl (C=O) groups excluding carboxylic acids is 1. The van der Waals surface area contributed by atoms with Crippen LogP contribution >= 0.6 is 0 Å². The number of aromatic nitrogens is 1. The van der Waals surface area contributed by atoms with Gasteiger partial charge in [-0.05, 0) is 93.7 Å². The average Bonchev–Trinajstić information content (AvgIpc) is 3.27. The van der Waals surface area contributed by atoms with E-state index < -0.39 is 23.8 Å². The summed E-state index contributed by atoms with van der Waals surface area (Å²) in [5.74, 6) is -0.227. The second-order valence-electron chi connectivity index (χ2n) is 17.2. The lowest BCUT2D eigenvalue weighted by Crippen LogP contribution is -2.69. The molecule has 1 aromatic heterocycles. The monoisotopic (exact) mass is 846 g/mol. The fourth-order valence-electron chi connectivity index (χ4n) is 9.78. The number of hydrogen-bond acceptors (Lipinski definition) is 10. The highest BCUT2D eigenvalue weighted by atomic mass is 16.7. The summed E-state index contributed by atoms with van der Waals surface area (Å²) in [7, 11) is 1.78. The average molecular weight is 846 g/mol. The van der Waals surface area contributed by atoms with E-state index in [1.165, 1.54) is 44.9 Å². The van der Waals surface area contributed by atoms with Crippen LogP contribution in [-0.2, 0) is 20.9 Å². The van der Waals surface area contributed by atoms with Crippen LogP contribution in [0.15, 0.2) is 65.9 Å². The Kier molecular flexibility index (Phi) is 19.9. The van der Waals surface area contributed by atoms with Crippen LogP contribution in [0.3, 0.4) is 0 Å². The fraction of sp³-hybridized carbons (Fsp3) is 0.660. The second kappa shape index (κ2) is 25.2. The lowest BCUT2D eigenvalue weighted by Gasteiger charge is -2.59. The third-order valence-corrected chi connectivity index (χ3v) is 12.8. The van der Waals surface area contributed by atoms with E-state index in [2.05, 4.69) is 30.6 Å². The van der Waals surface area contributed by atoms with Crippen molar-refractivity contribution < 1.29 is 38.8 Å². The van der Waals surface area contributed by atoms with E-state index in [-0.39, 0.29) is 37.6 Å². The lowest BCUT2D eigenvalue weighted by atomic mass is 9.55. The Morgan fingerprint density at radius 2 is 1.69 bits per heavy atom. The summed E-state index contributed by atoms with van der Waals surface area (Å²) in [5, 5.41) is 24.5. The number of likely N-dealkylation sites (N-methyl/N-ethyl adjacent to an activating group) is 1. The summed E-state index contributed by atoms with van der Waals surface area (Å²) >= 11 is 0. The van der Waals surface area contributed by atoms with Gasteiger partial charge in [-0.1, -0.05) is 101 Å². The standard InChI is InChI=1S/C50H75N3O8/c1-6-9-10-11-12-13-14-15-16-21-32-57-49(56)53(5)46-35-44(52-60-8-3)42-33-38(24-17-19-29-54)41(26-18-20-30-55)47-43-34-40(58-36-39-25-22-23-37(4)51-39)27-28-45(43)61-50(46,48(42)47)59-31-7-2/h7,22-23,25,27-28,33-34,38,41,46-48,54-55H,2,6,8-21,24,26,29-32,35-36H2,1,3-5H3. The summed E-state index contributed by atoms with van der Waals surface area (Å²) < 4.78 is 26.6. The molecule has 1 fully saturated rings. The first-order valence-electron chi connectivity index (χ1n) is 23.5. The lowest BCUT2D eigenvalue weighted by molar-refractivity contribution is -0.253. The summed E-state index contributed by atoms with van der Waals surface area (Å²) in [6.45, 7) is 11.7. The molecule has 61 heavy (non-hydrogen) atoms. The smallest absolute Gasteiger partial charge is 0.409 e. The summed E-state index contributed by atoms with van der Waals surface area (Å²) in [5.41, 5.74) is 4.54. The van der Waals surface area contributed by atoms with Gasteiger partial charge in [0.15, 0.2) is 0 Å². The number of amides is 1. The molecule has 6 unspecified atom stereocenters. The van der Waals surface area contributed by atoms with Crippen molar-refractivity contribution in [2.24, 2.45) is 22.9 Å². The van der Waals surface area contributed by atoms with Gasteiger partial charge in [-0.15, -0.1) is 6.58 Å². The SMILES string of the molecule is C=CCOC12Oc3ccc(OCc4cccc(C)n4)cc3C3C(CCCCO)C(CCCCO)C=C(C(=NOCC)CC1N(C)C(=O)OCCCCCCCCCCCC)C32. The number of rotatable bonds is 28. The maximum absolute atomic E-state index is 14.1. The van der Waals surface area contributed by atoms with E-state index in [0.717, 1.165) is 73.2 Å². The molecule has 0 saturated heterocycles. The molecule has 11 nitrogen and oxygen atoms in total. The zero-order valence-electron chi connectivity index (χ0n) is 37.7. The molecule has 2 aromatic rings. The normalized spacial score (nSPS) is 23.3. The van der Waals surface area contributed by atoms with Gasteiger partial charge in [0, 0.05) is 43.9 Å². The molecule has 2 aliphatic carbocycles. The van der Waals surface area contributed by atoms with Crippen LogP contribution in [-0.4, -0.2) is 83.8 Å². The molecular weight excluding hydrogens is 771 g/mol. The number of fused-ring (bicyclic) bond motifs is 2. The number of carbonyl (C=O) groups is 1. The van der Waals surface area contributed by atoms with Crippen LogP contribution in [0.4, 0.5) is 4.79 Å². The van der Waals surface area contributed by atoms with Gasteiger partial charge in [-0.3, -0.25) is 4.98 Å². The van der Waals surface area contributed by atoms with Crippen molar-refractivity contribution in [3.8, 4) is 11.5 Å². The molecular formula is C50H75N3O8. The Bertz CT molecular complexity index is 1720. The predicted octanol–water partition coefficient (Wildman–Crippen LogP) is 10.6. The number of aryl methyl sites for hydroxylation is 1. The number of ether oxygens (including phenoxy) is 4. The van der Waals surface area contributed by atoms with Gasteiger partial charge < -0.3 is 38.9 Å². The molecule has 0 radical (unpaired) electrons. The van der Waals surface area contributed by atoms with Gasteiger partial charge >= 0.3 is 6.09 Å². The molecule has 1 saturated carbocycles. The highest BCUT2D eigenvalue weighted by Gasteiger charge is 2.65. The quantitative estimate of drug-likeness (QED) is 0.0488. The number of aliphatic hydroxyl groups is 2. The van der Waals surface area contributed by atoms with Gasteiger partial charge in [0.05, 0.1) is 30.5 Å². The zero-order chi connectivity index (χ0) is 43.5. The Hall–Kier alpha value is -3.93. The van der Waals surface area contributed by atoms with Crippen molar-refractivity contribution in [2.75, 3.05) is 40.1 Å². The van der Waals surface area contributed by atoms with Gasteiger partial charge in [0.2, 0.25) is 5.79 Å². The highest BCUT2D eigenvalue weighted by Crippen LogP contribution is 2.61. The van der Waals surface area contributed by atoms with E-state index in [0.29, 0.717) is 50.6 Å². The van der Waals surface area contributed by atoms with Crippen LogP contribution in [0.2, 0.25) is 0 Å². The molecule has 5 rings (SSSR count). The first kappa shape index (κ1) is 48.1. The van der Waals surface area contributed by atoms with Crippen molar-refractivity contribution in [1.82, 2.24) is 9.88 Å². The van der Waals surface area contributed by atoms with Crippen molar-refractivity contribution in [2.45, 2.75) is 154 Å². The third kappa shape index (κ3) is 12.8. The topological polar surface area (TPSA) is 132 Å².